The molecule has 3 rings (SSSR count). The van der Waals surface area contributed by atoms with Crippen molar-refractivity contribution in [3.05, 3.63) is 29.2 Å². The number of aryl methyl sites for hydroxylation is 2. The van der Waals surface area contributed by atoms with Crippen LogP contribution in [0.15, 0.2) is 15.1 Å². The van der Waals surface area contributed by atoms with Gasteiger partial charge in [0.15, 0.2) is 5.82 Å². The van der Waals surface area contributed by atoms with E-state index in [-0.39, 0.29) is 0 Å². The summed E-state index contributed by atoms with van der Waals surface area (Å²) >= 11 is 0. The average Bonchev–Trinajstić information content (AvgIpc) is 3.10. The zero-order valence-corrected chi connectivity index (χ0v) is 12.6. The highest BCUT2D eigenvalue weighted by atomic mass is 16.5. The van der Waals surface area contributed by atoms with Gasteiger partial charge >= 0.3 is 0 Å². The molecule has 0 N–H and O–H groups in total. The maximum absolute atomic E-state index is 5.24. The Bertz CT molecular complexity index is 571. The minimum absolute atomic E-state index is 0.715. The second kappa shape index (κ2) is 6.36. The minimum atomic E-state index is 0.715. The predicted octanol–water partition coefficient (Wildman–Crippen LogP) is 1.25. The summed E-state index contributed by atoms with van der Waals surface area (Å²) in [6.07, 6.45) is 0.814. The lowest BCUT2D eigenvalue weighted by Gasteiger charge is -2.33. The normalized spacial score (nSPS) is 17.4. The van der Waals surface area contributed by atoms with Crippen molar-refractivity contribution in [2.75, 3.05) is 26.2 Å². The van der Waals surface area contributed by atoms with Crippen LogP contribution < -0.4 is 0 Å². The Labute approximate surface area is 123 Å². The molecule has 0 bridgehead atoms. The van der Waals surface area contributed by atoms with E-state index in [1.54, 1.807) is 0 Å². The van der Waals surface area contributed by atoms with E-state index >= 15 is 0 Å². The van der Waals surface area contributed by atoms with Crippen LogP contribution in [0.25, 0.3) is 0 Å². The summed E-state index contributed by atoms with van der Waals surface area (Å²) in [7, 11) is 0. The molecule has 0 unspecified atom stereocenters. The molecule has 2 aromatic rings. The lowest BCUT2D eigenvalue weighted by Crippen LogP contribution is -2.45. The molecule has 0 spiro atoms. The Morgan fingerprint density at radius 1 is 1.05 bits per heavy atom. The lowest BCUT2D eigenvalue weighted by molar-refractivity contribution is 0.110. The van der Waals surface area contributed by atoms with Gasteiger partial charge < -0.3 is 9.05 Å². The number of aromatic nitrogens is 3. The van der Waals surface area contributed by atoms with E-state index in [9.17, 15) is 0 Å². The van der Waals surface area contributed by atoms with Crippen molar-refractivity contribution in [1.82, 2.24) is 25.1 Å². The quantitative estimate of drug-likeness (QED) is 0.820. The molecule has 0 saturated carbocycles. The van der Waals surface area contributed by atoms with Crippen molar-refractivity contribution < 1.29 is 9.05 Å². The second-order valence-electron chi connectivity index (χ2n) is 5.44. The van der Waals surface area contributed by atoms with Gasteiger partial charge in [0.25, 0.3) is 0 Å². The van der Waals surface area contributed by atoms with Crippen LogP contribution in [0, 0.1) is 6.92 Å². The highest BCUT2D eigenvalue weighted by molar-refractivity contribution is 5.03. The number of hydrogen-bond donors (Lipinski definition) is 0. The summed E-state index contributed by atoms with van der Waals surface area (Å²) in [4.78, 5) is 9.09. The minimum Gasteiger partial charge on any atom is -0.361 e. The highest BCUT2D eigenvalue weighted by Crippen LogP contribution is 2.11. The molecule has 114 valence electrons. The van der Waals surface area contributed by atoms with Crippen LogP contribution in [0.2, 0.25) is 0 Å². The molecule has 0 amide bonds. The molecular weight excluding hydrogens is 270 g/mol. The van der Waals surface area contributed by atoms with Crippen LogP contribution in [0.4, 0.5) is 0 Å². The number of rotatable bonds is 5. The van der Waals surface area contributed by atoms with E-state index in [1.807, 2.05) is 19.9 Å². The molecule has 7 heteroatoms. The molecule has 1 aliphatic rings. The molecule has 0 atom stereocenters. The third-order valence-corrected chi connectivity index (χ3v) is 3.71. The Morgan fingerprint density at radius 2 is 1.76 bits per heavy atom. The Balaban J connectivity index is 1.46. The van der Waals surface area contributed by atoms with E-state index in [1.165, 1.54) is 0 Å². The fourth-order valence-electron chi connectivity index (χ4n) is 2.52. The van der Waals surface area contributed by atoms with Crippen LogP contribution in [0.1, 0.15) is 30.1 Å². The molecule has 1 aliphatic heterocycles. The Kier molecular flexibility index (Phi) is 4.31. The van der Waals surface area contributed by atoms with Crippen LogP contribution in [0.3, 0.4) is 0 Å². The predicted molar refractivity (Wildman–Crippen MR) is 75.5 cm³/mol. The first kappa shape index (κ1) is 14.2. The van der Waals surface area contributed by atoms with Gasteiger partial charge in [0.2, 0.25) is 5.89 Å². The van der Waals surface area contributed by atoms with Crippen molar-refractivity contribution in [2.24, 2.45) is 0 Å². The van der Waals surface area contributed by atoms with Crippen molar-refractivity contribution >= 4 is 0 Å². The van der Waals surface area contributed by atoms with Gasteiger partial charge in [-0.2, -0.15) is 4.98 Å². The summed E-state index contributed by atoms with van der Waals surface area (Å²) in [6, 6.07) is 2.00. The summed E-state index contributed by atoms with van der Waals surface area (Å²) in [6.45, 7) is 9.57. The first-order valence-electron chi connectivity index (χ1n) is 7.41. The molecule has 1 saturated heterocycles. The number of hydrogen-bond acceptors (Lipinski definition) is 7. The van der Waals surface area contributed by atoms with Gasteiger partial charge in [0, 0.05) is 45.2 Å². The fraction of sp³-hybridized carbons (Fsp3) is 0.643. The molecule has 7 nitrogen and oxygen atoms in total. The van der Waals surface area contributed by atoms with E-state index < -0.39 is 0 Å². The molecule has 21 heavy (non-hydrogen) atoms. The van der Waals surface area contributed by atoms with Crippen molar-refractivity contribution in [2.45, 2.75) is 33.4 Å². The second-order valence-corrected chi connectivity index (χ2v) is 5.44. The zero-order chi connectivity index (χ0) is 14.7. The first-order valence-corrected chi connectivity index (χ1v) is 7.41. The van der Waals surface area contributed by atoms with Gasteiger partial charge in [0.1, 0.15) is 5.76 Å². The highest BCUT2D eigenvalue weighted by Gasteiger charge is 2.20. The third-order valence-electron chi connectivity index (χ3n) is 3.71. The van der Waals surface area contributed by atoms with Gasteiger partial charge in [-0.15, -0.1) is 0 Å². The van der Waals surface area contributed by atoms with Crippen molar-refractivity contribution in [1.29, 1.82) is 0 Å². The van der Waals surface area contributed by atoms with Crippen LogP contribution in [0.5, 0.6) is 0 Å². The summed E-state index contributed by atoms with van der Waals surface area (Å²) in [5.74, 6) is 2.37. The summed E-state index contributed by atoms with van der Waals surface area (Å²) < 4.78 is 10.3. The van der Waals surface area contributed by atoms with E-state index in [0.29, 0.717) is 5.89 Å². The largest absolute Gasteiger partial charge is 0.361 e. The monoisotopic (exact) mass is 291 g/mol. The lowest BCUT2D eigenvalue weighted by atomic mass is 10.3. The fourth-order valence-corrected chi connectivity index (χ4v) is 2.52. The smallest absolute Gasteiger partial charge is 0.240 e. The molecule has 3 heterocycles. The van der Waals surface area contributed by atoms with Gasteiger partial charge in [-0.1, -0.05) is 17.2 Å². The van der Waals surface area contributed by atoms with E-state index in [0.717, 1.165) is 63.0 Å². The first-order chi connectivity index (χ1) is 10.2. The topological polar surface area (TPSA) is 71.4 Å². The number of piperazine rings is 1. The molecule has 2 aromatic heterocycles. The average molecular weight is 291 g/mol. The molecular formula is C14H21N5O2. The van der Waals surface area contributed by atoms with Gasteiger partial charge in [-0.05, 0) is 6.92 Å². The van der Waals surface area contributed by atoms with Crippen molar-refractivity contribution in [3.63, 3.8) is 0 Å². The molecule has 0 radical (unpaired) electrons. The molecule has 0 aliphatic carbocycles. The van der Waals surface area contributed by atoms with Gasteiger partial charge in [-0.3, -0.25) is 9.80 Å². The number of nitrogens with zero attached hydrogens (tertiary/aromatic N) is 5. The van der Waals surface area contributed by atoms with E-state index in [2.05, 4.69) is 25.1 Å². The Morgan fingerprint density at radius 3 is 2.33 bits per heavy atom. The zero-order valence-electron chi connectivity index (χ0n) is 12.6. The molecule has 1 fully saturated rings. The maximum atomic E-state index is 5.24. The van der Waals surface area contributed by atoms with Crippen LogP contribution in [-0.2, 0) is 19.5 Å². The van der Waals surface area contributed by atoms with Gasteiger partial charge in [0.05, 0.1) is 12.2 Å². The van der Waals surface area contributed by atoms with Crippen LogP contribution in [-0.4, -0.2) is 51.3 Å². The van der Waals surface area contributed by atoms with Crippen LogP contribution >= 0.6 is 0 Å². The SMILES string of the molecule is CCc1noc(CN2CCN(Cc3cc(C)on3)CC2)n1. The maximum Gasteiger partial charge on any atom is 0.240 e. The Hall–Kier alpha value is -1.73. The summed E-state index contributed by atoms with van der Waals surface area (Å²) in [5.41, 5.74) is 1.01. The third kappa shape index (κ3) is 3.68. The van der Waals surface area contributed by atoms with Gasteiger partial charge in [-0.25, -0.2) is 0 Å². The standard InChI is InChI=1S/C14H21N5O2/c1-3-13-15-14(21-17-13)10-19-6-4-18(5-7-19)9-12-8-11(2)20-16-12/h8H,3-7,9-10H2,1-2H3. The summed E-state index contributed by atoms with van der Waals surface area (Å²) in [5, 5.41) is 7.98. The molecule has 0 aromatic carbocycles. The van der Waals surface area contributed by atoms with E-state index in [4.69, 9.17) is 9.05 Å². The van der Waals surface area contributed by atoms with Crippen molar-refractivity contribution in [3.8, 4) is 0 Å².